The Morgan fingerprint density at radius 3 is 2.35 bits per heavy atom. The second-order valence-corrected chi connectivity index (χ2v) is 6.38. The molecule has 0 aliphatic carbocycles. The highest BCUT2D eigenvalue weighted by Crippen LogP contribution is 2.29. The zero-order valence-electron chi connectivity index (χ0n) is 13.6. The number of hydrogen-bond donors (Lipinski definition) is 2. The van der Waals surface area contributed by atoms with Gasteiger partial charge in [-0.25, -0.2) is 4.79 Å². The summed E-state index contributed by atoms with van der Waals surface area (Å²) in [6, 6.07) is 19.3. The van der Waals surface area contributed by atoms with Crippen LogP contribution in [0.1, 0.15) is 15.9 Å². The van der Waals surface area contributed by atoms with Gasteiger partial charge in [-0.15, -0.1) is 0 Å². The molecule has 132 valence electrons. The molecule has 0 aliphatic heterocycles. The van der Waals surface area contributed by atoms with E-state index in [0.717, 1.165) is 11.3 Å². The summed E-state index contributed by atoms with van der Waals surface area (Å²) in [5.41, 5.74) is 2.11. The van der Waals surface area contributed by atoms with Gasteiger partial charge in [0.2, 0.25) is 0 Å². The van der Waals surface area contributed by atoms with E-state index in [9.17, 15) is 4.79 Å². The number of carboxylic acids is 1. The minimum Gasteiger partial charge on any atom is -0.478 e. The molecule has 0 radical (unpaired) electrons. The number of rotatable bonds is 6. The fraction of sp³-hybridized carbons (Fsp3) is 0.0500. The van der Waals surface area contributed by atoms with Gasteiger partial charge >= 0.3 is 5.97 Å². The first-order chi connectivity index (χ1) is 12.5. The number of halogens is 2. The number of benzene rings is 3. The molecule has 6 heteroatoms. The van der Waals surface area contributed by atoms with Gasteiger partial charge in [-0.1, -0.05) is 35.3 Å². The van der Waals surface area contributed by atoms with E-state index < -0.39 is 5.97 Å². The Hall–Kier alpha value is -2.69. The lowest BCUT2D eigenvalue weighted by Crippen LogP contribution is -2.01. The molecule has 3 rings (SSSR count). The van der Waals surface area contributed by atoms with Crippen molar-refractivity contribution in [2.24, 2.45) is 0 Å². The minimum atomic E-state index is -0.941. The zero-order valence-corrected chi connectivity index (χ0v) is 15.1. The van der Waals surface area contributed by atoms with Crippen LogP contribution in [0.5, 0.6) is 11.5 Å². The topological polar surface area (TPSA) is 58.6 Å². The zero-order chi connectivity index (χ0) is 18.5. The van der Waals surface area contributed by atoms with Crippen molar-refractivity contribution in [1.29, 1.82) is 0 Å². The van der Waals surface area contributed by atoms with Gasteiger partial charge in [0.15, 0.2) is 0 Å². The molecule has 2 N–H and O–H groups in total. The molecule has 0 saturated heterocycles. The Kier molecular flexibility index (Phi) is 5.66. The summed E-state index contributed by atoms with van der Waals surface area (Å²) in [5.74, 6) is 0.349. The summed E-state index contributed by atoms with van der Waals surface area (Å²) < 4.78 is 5.81. The molecule has 0 bridgehead atoms. The molecule has 0 spiro atoms. The quantitative estimate of drug-likeness (QED) is 0.536. The van der Waals surface area contributed by atoms with E-state index in [1.165, 1.54) is 0 Å². The number of carboxylic acid groups (broad SMARTS) is 1. The normalized spacial score (nSPS) is 10.4. The van der Waals surface area contributed by atoms with Crippen LogP contribution in [0.2, 0.25) is 10.0 Å². The molecule has 0 unspecified atom stereocenters. The third-order valence-corrected chi connectivity index (χ3v) is 4.39. The highest BCUT2D eigenvalue weighted by Gasteiger charge is 2.04. The lowest BCUT2D eigenvalue weighted by Gasteiger charge is -2.10. The molecular formula is C20H15Cl2NO3. The summed E-state index contributed by atoms with van der Waals surface area (Å²) in [7, 11) is 0. The van der Waals surface area contributed by atoms with Gasteiger partial charge in [-0.3, -0.25) is 0 Å². The highest BCUT2D eigenvalue weighted by molar-refractivity contribution is 6.42. The SMILES string of the molecule is O=C(O)c1ccc(NCc2cccc(Oc3ccc(Cl)c(Cl)c3)c2)cc1. The number of nitrogens with one attached hydrogen (secondary N) is 1. The largest absolute Gasteiger partial charge is 0.478 e. The van der Waals surface area contributed by atoms with Gasteiger partial charge in [0.05, 0.1) is 15.6 Å². The van der Waals surface area contributed by atoms with Crippen molar-refractivity contribution < 1.29 is 14.6 Å². The van der Waals surface area contributed by atoms with Crippen LogP contribution in [0.3, 0.4) is 0 Å². The summed E-state index contributed by atoms with van der Waals surface area (Å²) in [5, 5.41) is 13.1. The number of carbonyl (C=O) groups is 1. The van der Waals surface area contributed by atoms with Crippen molar-refractivity contribution in [2.75, 3.05) is 5.32 Å². The fourth-order valence-electron chi connectivity index (χ4n) is 2.33. The molecule has 0 fully saturated rings. The van der Waals surface area contributed by atoms with Crippen LogP contribution in [-0.4, -0.2) is 11.1 Å². The van der Waals surface area contributed by atoms with Crippen LogP contribution in [0.25, 0.3) is 0 Å². The molecule has 0 aromatic heterocycles. The standard InChI is InChI=1S/C20H15Cl2NO3/c21-18-9-8-17(11-19(18)22)26-16-3-1-2-13(10-16)12-23-15-6-4-14(5-7-15)20(24)25/h1-11,23H,12H2,(H,24,25). The van der Waals surface area contributed by atoms with E-state index in [0.29, 0.717) is 28.1 Å². The number of aromatic carboxylic acids is 1. The smallest absolute Gasteiger partial charge is 0.335 e. The molecule has 0 aliphatic rings. The second kappa shape index (κ2) is 8.13. The van der Waals surface area contributed by atoms with E-state index in [4.69, 9.17) is 33.0 Å². The van der Waals surface area contributed by atoms with Crippen LogP contribution >= 0.6 is 23.2 Å². The fourth-order valence-corrected chi connectivity index (χ4v) is 2.62. The predicted octanol–water partition coefficient (Wildman–Crippen LogP) is 6.10. The van der Waals surface area contributed by atoms with Crippen molar-refractivity contribution in [3.8, 4) is 11.5 Å². The van der Waals surface area contributed by atoms with Crippen LogP contribution < -0.4 is 10.1 Å². The number of hydrogen-bond acceptors (Lipinski definition) is 3. The van der Waals surface area contributed by atoms with Crippen LogP contribution in [0, 0.1) is 0 Å². The lowest BCUT2D eigenvalue weighted by molar-refractivity contribution is 0.0697. The summed E-state index contributed by atoms with van der Waals surface area (Å²) >= 11 is 11.9. The van der Waals surface area contributed by atoms with Gasteiger partial charge in [0, 0.05) is 18.3 Å². The minimum absolute atomic E-state index is 0.257. The van der Waals surface area contributed by atoms with Crippen molar-refractivity contribution in [3.63, 3.8) is 0 Å². The van der Waals surface area contributed by atoms with E-state index in [1.807, 2.05) is 24.3 Å². The van der Waals surface area contributed by atoms with Crippen LogP contribution in [-0.2, 0) is 6.54 Å². The van der Waals surface area contributed by atoms with Gasteiger partial charge < -0.3 is 15.2 Å². The Balaban J connectivity index is 1.65. The maximum atomic E-state index is 10.9. The monoisotopic (exact) mass is 387 g/mol. The lowest BCUT2D eigenvalue weighted by atomic mass is 10.2. The number of anilines is 1. The first kappa shape index (κ1) is 18.1. The molecule has 3 aromatic carbocycles. The summed E-state index contributed by atoms with van der Waals surface area (Å²) in [6.07, 6.45) is 0. The Morgan fingerprint density at radius 2 is 1.65 bits per heavy atom. The molecule has 4 nitrogen and oxygen atoms in total. The van der Waals surface area contributed by atoms with Gasteiger partial charge in [0.25, 0.3) is 0 Å². The Morgan fingerprint density at radius 1 is 0.923 bits per heavy atom. The average Bonchev–Trinajstić information content (AvgIpc) is 2.64. The highest BCUT2D eigenvalue weighted by atomic mass is 35.5. The van der Waals surface area contributed by atoms with Gasteiger partial charge in [0.1, 0.15) is 11.5 Å². The molecular weight excluding hydrogens is 373 g/mol. The van der Waals surface area contributed by atoms with Crippen molar-refractivity contribution in [2.45, 2.75) is 6.54 Å². The van der Waals surface area contributed by atoms with E-state index in [1.54, 1.807) is 42.5 Å². The molecule has 0 saturated carbocycles. The molecule has 0 amide bonds. The first-order valence-corrected chi connectivity index (χ1v) is 8.56. The molecule has 0 heterocycles. The molecule has 0 atom stereocenters. The summed E-state index contributed by atoms with van der Waals surface area (Å²) in [6.45, 7) is 0.574. The van der Waals surface area contributed by atoms with Gasteiger partial charge in [-0.05, 0) is 54.1 Å². The first-order valence-electron chi connectivity index (χ1n) is 7.80. The Labute approximate surface area is 161 Å². The average molecular weight is 388 g/mol. The van der Waals surface area contributed by atoms with E-state index >= 15 is 0 Å². The van der Waals surface area contributed by atoms with E-state index in [2.05, 4.69) is 5.32 Å². The van der Waals surface area contributed by atoms with Crippen LogP contribution in [0.15, 0.2) is 66.7 Å². The van der Waals surface area contributed by atoms with Gasteiger partial charge in [-0.2, -0.15) is 0 Å². The third-order valence-electron chi connectivity index (χ3n) is 3.65. The molecule has 26 heavy (non-hydrogen) atoms. The third kappa shape index (κ3) is 4.69. The summed E-state index contributed by atoms with van der Waals surface area (Å²) in [4.78, 5) is 10.9. The van der Waals surface area contributed by atoms with Crippen molar-refractivity contribution in [1.82, 2.24) is 0 Å². The second-order valence-electron chi connectivity index (χ2n) is 5.56. The van der Waals surface area contributed by atoms with Crippen LogP contribution in [0.4, 0.5) is 5.69 Å². The van der Waals surface area contributed by atoms with Crippen molar-refractivity contribution >= 4 is 34.9 Å². The maximum Gasteiger partial charge on any atom is 0.335 e. The predicted molar refractivity (Wildman–Crippen MR) is 104 cm³/mol. The van der Waals surface area contributed by atoms with E-state index in [-0.39, 0.29) is 5.56 Å². The maximum absolute atomic E-state index is 10.9. The Bertz CT molecular complexity index is 927. The molecule has 3 aromatic rings. The van der Waals surface area contributed by atoms with Crippen molar-refractivity contribution in [3.05, 3.63) is 87.9 Å². The number of ether oxygens (including phenoxy) is 1.